The minimum absolute atomic E-state index is 0.167. The molecule has 0 aromatic heterocycles. The van der Waals surface area contributed by atoms with E-state index in [4.69, 9.17) is 15.3 Å². The predicted molar refractivity (Wildman–Crippen MR) is 66.7 cm³/mol. The van der Waals surface area contributed by atoms with E-state index in [1.54, 1.807) is 6.07 Å². The van der Waals surface area contributed by atoms with Crippen LogP contribution in [0.1, 0.15) is 12.8 Å². The summed E-state index contributed by atoms with van der Waals surface area (Å²) in [4.78, 5) is 21.1. The van der Waals surface area contributed by atoms with Gasteiger partial charge in [-0.15, -0.1) is 0 Å². The van der Waals surface area contributed by atoms with Gasteiger partial charge in [0.15, 0.2) is 5.75 Å². The van der Waals surface area contributed by atoms with Crippen LogP contribution in [0.5, 0.6) is 11.5 Å². The quantitative estimate of drug-likeness (QED) is 0.248. The van der Waals surface area contributed by atoms with Gasteiger partial charge in [-0.25, -0.2) is 5.84 Å². The zero-order valence-electron chi connectivity index (χ0n) is 10.4. The summed E-state index contributed by atoms with van der Waals surface area (Å²) in [6.45, 7) is 0.261. The van der Waals surface area contributed by atoms with Gasteiger partial charge < -0.3 is 9.47 Å². The number of nitrogens with one attached hydrogen (secondary N) is 1. The first-order chi connectivity index (χ1) is 9.08. The van der Waals surface area contributed by atoms with Crippen molar-refractivity contribution in [3.8, 4) is 11.5 Å². The average molecular weight is 269 g/mol. The summed E-state index contributed by atoms with van der Waals surface area (Å²) in [5.74, 6) is 5.15. The maximum absolute atomic E-state index is 10.9. The number of amides is 1. The third-order valence-electron chi connectivity index (χ3n) is 2.32. The lowest BCUT2D eigenvalue weighted by molar-refractivity contribution is -0.385. The first kappa shape index (κ1) is 14.7. The third-order valence-corrected chi connectivity index (χ3v) is 2.32. The van der Waals surface area contributed by atoms with E-state index in [0.29, 0.717) is 12.2 Å². The SMILES string of the molecule is COc1ccc(OCCCC(=O)NN)cc1[N+](=O)[O-]. The van der Waals surface area contributed by atoms with Crippen LogP contribution in [0.15, 0.2) is 18.2 Å². The summed E-state index contributed by atoms with van der Waals surface area (Å²) < 4.78 is 10.2. The van der Waals surface area contributed by atoms with Crippen molar-refractivity contribution in [2.24, 2.45) is 5.84 Å². The number of hydrogen-bond donors (Lipinski definition) is 2. The molecule has 1 aromatic carbocycles. The van der Waals surface area contributed by atoms with Gasteiger partial charge >= 0.3 is 5.69 Å². The number of rotatable bonds is 7. The third kappa shape index (κ3) is 4.43. The Kier molecular flexibility index (Phi) is 5.55. The van der Waals surface area contributed by atoms with Crippen LogP contribution in [-0.4, -0.2) is 24.5 Å². The number of benzene rings is 1. The van der Waals surface area contributed by atoms with E-state index in [0.717, 1.165) is 0 Å². The fourth-order valence-electron chi connectivity index (χ4n) is 1.40. The van der Waals surface area contributed by atoms with Crippen molar-refractivity contribution in [3.63, 3.8) is 0 Å². The number of ether oxygens (including phenoxy) is 2. The van der Waals surface area contributed by atoms with E-state index in [9.17, 15) is 14.9 Å². The van der Waals surface area contributed by atoms with Crippen molar-refractivity contribution in [2.75, 3.05) is 13.7 Å². The van der Waals surface area contributed by atoms with E-state index in [1.807, 2.05) is 5.43 Å². The van der Waals surface area contributed by atoms with E-state index < -0.39 is 4.92 Å². The minimum Gasteiger partial charge on any atom is -0.493 e. The van der Waals surface area contributed by atoms with Crippen LogP contribution >= 0.6 is 0 Å². The Bertz CT molecular complexity index is 464. The highest BCUT2D eigenvalue weighted by molar-refractivity contribution is 5.75. The molecular formula is C11H15N3O5. The molecule has 0 spiro atoms. The number of carbonyl (C=O) groups is 1. The van der Waals surface area contributed by atoms with Crippen LogP contribution in [0.3, 0.4) is 0 Å². The molecule has 0 atom stereocenters. The summed E-state index contributed by atoms with van der Waals surface area (Å²) in [7, 11) is 1.36. The molecule has 1 rings (SSSR count). The van der Waals surface area contributed by atoms with Gasteiger partial charge in [0.2, 0.25) is 5.91 Å². The number of carbonyl (C=O) groups excluding carboxylic acids is 1. The van der Waals surface area contributed by atoms with E-state index in [-0.39, 0.29) is 30.4 Å². The summed E-state index contributed by atoms with van der Waals surface area (Å²) in [6.07, 6.45) is 0.692. The number of hydrogen-bond acceptors (Lipinski definition) is 6. The molecule has 0 radical (unpaired) electrons. The highest BCUT2D eigenvalue weighted by atomic mass is 16.6. The van der Waals surface area contributed by atoms with Gasteiger partial charge in [0.25, 0.3) is 0 Å². The van der Waals surface area contributed by atoms with Crippen molar-refractivity contribution in [3.05, 3.63) is 28.3 Å². The number of hydrazine groups is 1. The second-order valence-corrected chi connectivity index (χ2v) is 3.61. The molecule has 0 unspecified atom stereocenters. The van der Waals surface area contributed by atoms with Crippen molar-refractivity contribution in [2.45, 2.75) is 12.8 Å². The van der Waals surface area contributed by atoms with Crippen molar-refractivity contribution < 1.29 is 19.2 Å². The number of nitrogens with two attached hydrogens (primary N) is 1. The molecule has 8 heteroatoms. The topological polar surface area (TPSA) is 117 Å². The molecule has 0 fully saturated rings. The number of nitrogens with zero attached hydrogens (tertiary/aromatic N) is 1. The summed E-state index contributed by atoms with van der Waals surface area (Å²) in [6, 6.07) is 4.30. The molecule has 3 N–H and O–H groups in total. The van der Waals surface area contributed by atoms with Crippen LogP contribution in [0.4, 0.5) is 5.69 Å². The highest BCUT2D eigenvalue weighted by Crippen LogP contribution is 2.30. The average Bonchev–Trinajstić information content (AvgIpc) is 2.42. The van der Waals surface area contributed by atoms with Crippen molar-refractivity contribution in [1.82, 2.24) is 5.43 Å². The first-order valence-corrected chi connectivity index (χ1v) is 5.53. The molecular weight excluding hydrogens is 254 g/mol. The molecule has 8 nitrogen and oxygen atoms in total. The van der Waals surface area contributed by atoms with Crippen LogP contribution in [0.25, 0.3) is 0 Å². The molecule has 0 aliphatic rings. The minimum atomic E-state index is -0.548. The second-order valence-electron chi connectivity index (χ2n) is 3.61. The van der Waals surface area contributed by atoms with Gasteiger partial charge in [-0.05, 0) is 18.6 Å². The molecule has 0 saturated carbocycles. The number of nitro groups is 1. The monoisotopic (exact) mass is 269 g/mol. The molecule has 19 heavy (non-hydrogen) atoms. The van der Waals surface area contributed by atoms with Gasteiger partial charge in [-0.1, -0.05) is 0 Å². The highest BCUT2D eigenvalue weighted by Gasteiger charge is 2.15. The maximum Gasteiger partial charge on any atom is 0.314 e. The Balaban J connectivity index is 2.57. The zero-order chi connectivity index (χ0) is 14.3. The predicted octanol–water partition coefficient (Wildman–Crippen LogP) is 0.752. The largest absolute Gasteiger partial charge is 0.493 e. The molecule has 0 bridgehead atoms. The summed E-state index contributed by atoms with van der Waals surface area (Å²) in [5, 5.41) is 10.8. The number of methoxy groups -OCH3 is 1. The maximum atomic E-state index is 10.9. The Morgan fingerprint density at radius 1 is 1.53 bits per heavy atom. The van der Waals surface area contributed by atoms with Crippen LogP contribution in [0, 0.1) is 10.1 Å². The smallest absolute Gasteiger partial charge is 0.314 e. The molecule has 1 amide bonds. The fraction of sp³-hybridized carbons (Fsp3) is 0.364. The van der Waals surface area contributed by atoms with Crippen LogP contribution in [-0.2, 0) is 4.79 Å². The molecule has 0 heterocycles. The lowest BCUT2D eigenvalue weighted by Crippen LogP contribution is -2.29. The summed E-state index contributed by atoms with van der Waals surface area (Å²) >= 11 is 0. The Hall–Kier alpha value is -2.35. The van der Waals surface area contributed by atoms with Gasteiger partial charge in [-0.2, -0.15) is 0 Å². The van der Waals surface area contributed by atoms with Crippen LogP contribution in [0.2, 0.25) is 0 Å². The fourth-order valence-corrected chi connectivity index (χ4v) is 1.40. The van der Waals surface area contributed by atoms with E-state index in [2.05, 4.69) is 0 Å². The molecule has 0 aliphatic carbocycles. The van der Waals surface area contributed by atoms with Gasteiger partial charge in [0.05, 0.1) is 24.7 Å². The van der Waals surface area contributed by atoms with Crippen LogP contribution < -0.4 is 20.7 Å². The van der Waals surface area contributed by atoms with Gasteiger partial charge in [0, 0.05) is 6.42 Å². The van der Waals surface area contributed by atoms with Gasteiger partial charge in [-0.3, -0.25) is 20.3 Å². The molecule has 1 aromatic rings. The molecule has 104 valence electrons. The second kappa shape index (κ2) is 7.17. The van der Waals surface area contributed by atoms with Crippen molar-refractivity contribution in [1.29, 1.82) is 0 Å². The number of nitro benzene ring substituents is 1. The van der Waals surface area contributed by atoms with E-state index in [1.165, 1.54) is 19.2 Å². The Morgan fingerprint density at radius 2 is 2.26 bits per heavy atom. The van der Waals surface area contributed by atoms with Crippen molar-refractivity contribution >= 4 is 11.6 Å². The Morgan fingerprint density at radius 3 is 2.84 bits per heavy atom. The molecule has 0 aliphatic heterocycles. The lowest BCUT2D eigenvalue weighted by atomic mass is 10.2. The lowest BCUT2D eigenvalue weighted by Gasteiger charge is -2.07. The van der Waals surface area contributed by atoms with E-state index >= 15 is 0 Å². The Labute approximate surface area is 109 Å². The molecule has 0 saturated heterocycles. The normalized spacial score (nSPS) is 9.79. The zero-order valence-corrected chi connectivity index (χ0v) is 10.4. The summed E-state index contributed by atoms with van der Waals surface area (Å²) in [5.41, 5.74) is 1.84. The van der Waals surface area contributed by atoms with Gasteiger partial charge in [0.1, 0.15) is 5.75 Å². The standard InChI is InChI=1S/C11H15N3O5/c1-18-10-5-4-8(7-9(10)14(16)17)19-6-2-3-11(15)13-12/h4-5,7H,2-3,6,12H2,1H3,(H,13,15). The first-order valence-electron chi connectivity index (χ1n) is 5.53.